The van der Waals surface area contributed by atoms with E-state index in [1.807, 2.05) is 13.1 Å². The zero-order valence-corrected chi connectivity index (χ0v) is 16.9. The number of ether oxygens (including phenoxy) is 1. The minimum Gasteiger partial charge on any atom is -0.493 e. The molecule has 2 unspecified atom stereocenters. The average molecular weight is 361 g/mol. The fourth-order valence-corrected chi connectivity index (χ4v) is 3.51. The molecule has 0 saturated heterocycles. The van der Waals surface area contributed by atoms with Crippen LogP contribution in [0.4, 0.5) is 0 Å². The van der Waals surface area contributed by atoms with Gasteiger partial charge in [0, 0.05) is 25.6 Å². The normalized spacial score (nSPS) is 18.2. The molecule has 0 radical (unpaired) electrons. The third-order valence-electron chi connectivity index (χ3n) is 5.21. The molecule has 2 atom stereocenters. The summed E-state index contributed by atoms with van der Waals surface area (Å²) in [5, 5.41) is 7.03. The lowest BCUT2D eigenvalue weighted by atomic mass is 9.93. The van der Waals surface area contributed by atoms with E-state index >= 15 is 0 Å². The van der Waals surface area contributed by atoms with Crippen molar-refractivity contribution in [1.29, 1.82) is 0 Å². The van der Waals surface area contributed by atoms with Crippen molar-refractivity contribution in [3.8, 4) is 5.75 Å². The number of hydrogen-bond donors (Lipinski definition) is 2. The van der Waals surface area contributed by atoms with Gasteiger partial charge in [-0.3, -0.25) is 4.99 Å². The van der Waals surface area contributed by atoms with Crippen molar-refractivity contribution in [3.63, 3.8) is 0 Å². The van der Waals surface area contributed by atoms with Crippen molar-refractivity contribution >= 4 is 5.96 Å². The first kappa shape index (κ1) is 20.6. The fourth-order valence-electron chi connectivity index (χ4n) is 3.51. The maximum Gasteiger partial charge on any atom is 0.191 e. The summed E-state index contributed by atoms with van der Waals surface area (Å²) in [6.07, 6.45) is 3.40. The molecule has 1 heterocycles. The van der Waals surface area contributed by atoms with E-state index in [1.165, 1.54) is 18.5 Å². The van der Waals surface area contributed by atoms with E-state index in [0.717, 1.165) is 50.8 Å². The van der Waals surface area contributed by atoms with Crippen LogP contribution in [0, 0.1) is 0 Å². The van der Waals surface area contributed by atoms with Crippen LogP contribution in [0.15, 0.2) is 29.3 Å². The summed E-state index contributed by atoms with van der Waals surface area (Å²) in [6.45, 7) is 11.8. The maximum absolute atomic E-state index is 5.76. The molecule has 0 saturated carbocycles. The van der Waals surface area contributed by atoms with Crippen molar-refractivity contribution < 1.29 is 4.74 Å². The van der Waals surface area contributed by atoms with Gasteiger partial charge in [0.1, 0.15) is 5.75 Å². The first-order chi connectivity index (χ1) is 12.7. The predicted molar refractivity (Wildman–Crippen MR) is 110 cm³/mol. The molecule has 0 fully saturated rings. The molecule has 26 heavy (non-hydrogen) atoms. The molecule has 0 spiro atoms. The molecule has 0 amide bonds. The topological polar surface area (TPSA) is 48.9 Å². The van der Waals surface area contributed by atoms with Crippen molar-refractivity contribution in [2.45, 2.75) is 52.0 Å². The summed E-state index contributed by atoms with van der Waals surface area (Å²) in [5.41, 5.74) is 1.30. The predicted octanol–water partition coefficient (Wildman–Crippen LogP) is 3.23. The number of aliphatic imine (C=N–C) groups is 1. The molecule has 1 aliphatic heterocycles. The Morgan fingerprint density at radius 2 is 2.08 bits per heavy atom. The second kappa shape index (κ2) is 11.1. The monoisotopic (exact) mass is 360 g/mol. The standard InChI is InChI=1S/C21H36N4O/c1-5-25(6-2)14-9-10-17(3)24-21(22-4)23-16-18-13-15-26-20-12-8-7-11-19(18)20/h7-8,11-12,17-18H,5-6,9-10,13-16H2,1-4H3,(H2,22,23,24). The Bertz CT molecular complexity index is 557. The van der Waals surface area contributed by atoms with E-state index in [0.29, 0.717) is 12.0 Å². The Hall–Kier alpha value is -1.75. The Morgan fingerprint density at radius 1 is 1.31 bits per heavy atom. The molecular weight excluding hydrogens is 324 g/mol. The van der Waals surface area contributed by atoms with Crippen molar-refractivity contribution in [2.75, 3.05) is 39.8 Å². The molecule has 146 valence electrons. The highest BCUT2D eigenvalue weighted by atomic mass is 16.5. The van der Waals surface area contributed by atoms with Crippen LogP contribution in [-0.4, -0.2) is 56.7 Å². The molecular formula is C21H36N4O. The molecule has 0 aliphatic carbocycles. The number of nitrogens with one attached hydrogen (secondary N) is 2. The highest BCUT2D eigenvalue weighted by Gasteiger charge is 2.21. The summed E-state index contributed by atoms with van der Waals surface area (Å²) >= 11 is 0. The van der Waals surface area contributed by atoms with Gasteiger partial charge < -0.3 is 20.3 Å². The third kappa shape index (κ3) is 6.20. The number of rotatable bonds is 9. The number of nitrogens with zero attached hydrogens (tertiary/aromatic N) is 2. The molecule has 1 aromatic rings. The van der Waals surface area contributed by atoms with Crippen molar-refractivity contribution in [1.82, 2.24) is 15.5 Å². The Morgan fingerprint density at radius 3 is 2.81 bits per heavy atom. The zero-order valence-electron chi connectivity index (χ0n) is 16.9. The fraction of sp³-hybridized carbons (Fsp3) is 0.667. The minimum atomic E-state index is 0.415. The molecule has 0 aromatic heterocycles. The smallest absolute Gasteiger partial charge is 0.191 e. The summed E-state index contributed by atoms with van der Waals surface area (Å²) in [5.74, 6) is 2.39. The summed E-state index contributed by atoms with van der Waals surface area (Å²) < 4.78 is 5.76. The van der Waals surface area contributed by atoms with Gasteiger partial charge in [-0.1, -0.05) is 32.0 Å². The van der Waals surface area contributed by atoms with Gasteiger partial charge in [0.2, 0.25) is 0 Å². The van der Waals surface area contributed by atoms with Gasteiger partial charge >= 0.3 is 0 Å². The van der Waals surface area contributed by atoms with Crippen LogP contribution in [-0.2, 0) is 0 Å². The van der Waals surface area contributed by atoms with Crippen LogP contribution in [0.3, 0.4) is 0 Å². The van der Waals surface area contributed by atoms with E-state index < -0.39 is 0 Å². The summed E-state index contributed by atoms with van der Waals surface area (Å²) in [6, 6.07) is 8.78. The van der Waals surface area contributed by atoms with E-state index in [4.69, 9.17) is 4.74 Å². The molecule has 1 aliphatic rings. The number of hydrogen-bond acceptors (Lipinski definition) is 3. The van der Waals surface area contributed by atoms with Gasteiger partial charge in [-0.15, -0.1) is 0 Å². The van der Waals surface area contributed by atoms with E-state index in [9.17, 15) is 0 Å². The lowest BCUT2D eigenvalue weighted by Crippen LogP contribution is -2.44. The molecule has 2 N–H and O–H groups in total. The molecule has 5 heteroatoms. The SMILES string of the molecule is CCN(CC)CCCC(C)NC(=NC)NCC1CCOc2ccccc21. The molecule has 5 nitrogen and oxygen atoms in total. The minimum absolute atomic E-state index is 0.415. The second-order valence-electron chi connectivity index (χ2n) is 7.04. The van der Waals surface area contributed by atoms with Gasteiger partial charge in [-0.25, -0.2) is 0 Å². The number of fused-ring (bicyclic) bond motifs is 1. The van der Waals surface area contributed by atoms with Gasteiger partial charge in [-0.05, 0) is 57.5 Å². The number of guanidine groups is 1. The highest BCUT2D eigenvalue weighted by Crippen LogP contribution is 2.32. The molecule has 1 aromatic carbocycles. The largest absolute Gasteiger partial charge is 0.493 e. The first-order valence-electron chi connectivity index (χ1n) is 10.1. The average Bonchev–Trinajstić information content (AvgIpc) is 2.68. The Labute approximate surface area is 159 Å². The zero-order chi connectivity index (χ0) is 18.8. The molecule has 2 rings (SSSR count). The lowest BCUT2D eigenvalue weighted by Gasteiger charge is -2.27. The van der Waals surface area contributed by atoms with Crippen LogP contribution < -0.4 is 15.4 Å². The van der Waals surface area contributed by atoms with E-state index in [-0.39, 0.29) is 0 Å². The van der Waals surface area contributed by atoms with Crippen LogP contribution in [0.5, 0.6) is 5.75 Å². The highest BCUT2D eigenvalue weighted by molar-refractivity contribution is 5.80. The Kier molecular flexibility index (Phi) is 8.75. The van der Waals surface area contributed by atoms with Crippen LogP contribution >= 0.6 is 0 Å². The van der Waals surface area contributed by atoms with Crippen molar-refractivity contribution in [2.24, 2.45) is 4.99 Å². The summed E-state index contributed by atoms with van der Waals surface area (Å²) in [4.78, 5) is 6.87. The number of para-hydroxylation sites is 1. The molecule has 0 bridgehead atoms. The lowest BCUT2D eigenvalue weighted by molar-refractivity contribution is 0.267. The van der Waals surface area contributed by atoms with Gasteiger partial charge in [0.25, 0.3) is 0 Å². The van der Waals surface area contributed by atoms with Gasteiger partial charge in [-0.2, -0.15) is 0 Å². The van der Waals surface area contributed by atoms with Gasteiger partial charge in [0.05, 0.1) is 6.61 Å². The van der Waals surface area contributed by atoms with E-state index in [1.54, 1.807) is 0 Å². The van der Waals surface area contributed by atoms with Crippen LogP contribution in [0.25, 0.3) is 0 Å². The van der Waals surface area contributed by atoms with Crippen LogP contribution in [0.1, 0.15) is 51.5 Å². The third-order valence-corrected chi connectivity index (χ3v) is 5.21. The maximum atomic E-state index is 5.76. The second-order valence-corrected chi connectivity index (χ2v) is 7.04. The van der Waals surface area contributed by atoms with Gasteiger partial charge in [0.15, 0.2) is 5.96 Å². The van der Waals surface area contributed by atoms with Crippen molar-refractivity contribution in [3.05, 3.63) is 29.8 Å². The van der Waals surface area contributed by atoms with E-state index in [2.05, 4.69) is 59.5 Å². The quantitative estimate of drug-likeness (QED) is 0.524. The van der Waals surface area contributed by atoms with Crippen LogP contribution in [0.2, 0.25) is 0 Å². The first-order valence-corrected chi connectivity index (χ1v) is 10.1. The Balaban J connectivity index is 1.76. The summed E-state index contributed by atoms with van der Waals surface area (Å²) in [7, 11) is 1.84. The number of benzene rings is 1.